The van der Waals surface area contributed by atoms with Crippen LogP contribution in [0.3, 0.4) is 0 Å². The number of rotatable bonds is 7. The van der Waals surface area contributed by atoms with Gasteiger partial charge in [-0.15, -0.1) is 0 Å². The van der Waals surface area contributed by atoms with Crippen LogP contribution < -0.4 is 14.8 Å². The molecule has 2 aliphatic rings. The minimum Gasteiger partial charge on any atom is -0.454 e. The highest BCUT2D eigenvalue weighted by molar-refractivity contribution is 5.77. The van der Waals surface area contributed by atoms with Crippen molar-refractivity contribution >= 4 is 5.91 Å². The third-order valence-electron chi connectivity index (χ3n) is 5.63. The maximum Gasteiger partial charge on any atom is 0.231 e. The molecule has 5 rings (SSSR count). The van der Waals surface area contributed by atoms with E-state index in [0.29, 0.717) is 25.1 Å². The summed E-state index contributed by atoms with van der Waals surface area (Å²) in [6.45, 7) is 1.60. The number of ether oxygens (including phenoxy) is 3. The smallest absolute Gasteiger partial charge is 0.231 e. The molecule has 0 spiro atoms. The number of nitrogens with one attached hydrogen (secondary N) is 1. The van der Waals surface area contributed by atoms with Crippen molar-refractivity contribution in [3.05, 3.63) is 60.3 Å². The summed E-state index contributed by atoms with van der Waals surface area (Å²) in [5.74, 6) is 1.48. The van der Waals surface area contributed by atoms with Gasteiger partial charge in [0.05, 0.1) is 17.5 Å². The van der Waals surface area contributed by atoms with Crippen molar-refractivity contribution in [2.24, 2.45) is 0 Å². The zero-order valence-electron chi connectivity index (χ0n) is 17.3. The van der Waals surface area contributed by atoms with Gasteiger partial charge in [-0.05, 0) is 55.2 Å². The fourth-order valence-corrected chi connectivity index (χ4v) is 3.96. The minimum atomic E-state index is 0.0274. The number of hydrogen-bond donors (Lipinski definition) is 1. The fourth-order valence-electron chi connectivity index (χ4n) is 3.96. The Labute approximate surface area is 180 Å². The summed E-state index contributed by atoms with van der Waals surface area (Å²) >= 11 is 0. The molecule has 160 valence electrons. The van der Waals surface area contributed by atoms with E-state index in [-0.39, 0.29) is 18.8 Å². The van der Waals surface area contributed by atoms with Gasteiger partial charge in [0.1, 0.15) is 0 Å². The van der Waals surface area contributed by atoms with Gasteiger partial charge in [-0.1, -0.05) is 18.2 Å². The van der Waals surface area contributed by atoms with E-state index in [2.05, 4.69) is 5.32 Å². The van der Waals surface area contributed by atoms with Crippen LogP contribution in [0, 0.1) is 0 Å². The van der Waals surface area contributed by atoms with E-state index >= 15 is 0 Å². The van der Waals surface area contributed by atoms with Crippen LogP contribution >= 0.6 is 0 Å². The zero-order valence-corrected chi connectivity index (χ0v) is 17.3. The second-order valence-electron chi connectivity index (χ2n) is 7.79. The van der Waals surface area contributed by atoms with Gasteiger partial charge in [-0.2, -0.15) is 5.10 Å². The van der Waals surface area contributed by atoms with Crippen molar-refractivity contribution in [2.75, 3.05) is 19.9 Å². The van der Waals surface area contributed by atoms with Crippen molar-refractivity contribution in [1.29, 1.82) is 0 Å². The molecule has 0 unspecified atom stereocenters. The van der Waals surface area contributed by atoms with Gasteiger partial charge in [0.25, 0.3) is 0 Å². The molecule has 2 aliphatic heterocycles. The Morgan fingerprint density at radius 1 is 1.13 bits per heavy atom. The van der Waals surface area contributed by atoms with Gasteiger partial charge in [0.15, 0.2) is 11.5 Å². The average Bonchev–Trinajstić information content (AvgIpc) is 3.57. The number of amides is 1. The van der Waals surface area contributed by atoms with Gasteiger partial charge in [0.2, 0.25) is 12.7 Å². The van der Waals surface area contributed by atoms with E-state index in [1.807, 2.05) is 59.4 Å². The predicted molar refractivity (Wildman–Crippen MR) is 115 cm³/mol. The highest BCUT2D eigenvalue weighted by Crippen LogP contribution is 2.36. The Balaban J connectivity index is 1.36. The number of benzene rings is 2. The van der Waals surface area contributed by atoms with E-state index in [1.54, 1.807) is 0 Å². The largest absolute Gasteiger partial charge is 0.454 e. The first kappa shape index (κ1) is 19.6. The standard InChI is InChI=1S/C24H25N3O4/c28-23(25-14-20-7-4-12-29-20)11-9-18-15-27(19-5-2-1-3-6-19)26-24(18)17-8-10-21-22(13-17)31-16-30-21/h1-3,5-6,8,10,13,15,20H,4,7,9,11-12,14,16H2,(H,25,28)/t20-/m0/s1. The first-order valence-electron chi connectivity index (χ1n) is 10.7. The van der Waals surface area contributed by atoms with Crippen LogP contribution in [0.25, 0.3) is 16.9 Å². The first-order chi connectivity index (χ1) is 15.3. The SMILES string of the molecule is O=C(CCc1cn(-c2ccccc2)nc1-c1ccc2c(c1)OCO2)NC[C@@H]1CCCO1. The van der Waals surface area contributed by atoms with Crippen LogP contribution in [0.15, 0.2) is 54.7 Å². The van der Waals surface area contributed by atoms with E-state index in [1.165, 1.54) is 0 Å². The number of fused-ring (bicyclic) bond motifs is 1. The summed E-state index contributed by atoms with van der Waals surface area (Å²) in [5.41, 5.74) is 3.76. The summed E-state index contributed by atoms with van der Waals surface area (Å²) in [6, 6.07) is 15.8. The van der Waals surface area contributed by atoms with E-state index in [0.717, 1.165) is 47.7 Å². The lowest BCUT2D eigenvalue weighted by Gasteiger charge is -2.10. The van der Waals surface area contributed by atoms with Crippen LogP contribution in [0.4, 0.5) is 0 Å². The molecular weight excluding hydrogens is 394 g/mol. The Kier molecular flexibility index (Phi) is 5.58. The number of hydrogen-bond acceptors (Lipinski definition) is 5. The van der Waals surface area contributed by atoms with Gasteiger partial charge in [0, 0.05) is 31.3 Å². The summed E-state index contributed by atoms with van der Waals surface area (Å²) in [4.78, 5) is 12.4. The molecule has 1 atom stereocenters. The molecule has 0 aliphatic carbocycles. The summed E-state index contributed by atoms with van der Waals surface area (Å²) in [6.07, 6.45) is 5.21. The molecule has 1 aromatic heterocycles. The van der Waals surface area contributed by atoms with Crippen molar-refractivity contribution in [3.63, 3.8) is 0 Å². The van der Waals surface area contributed by atoms with Gasteiger partial charge >= 0.3 is 0 Å². The predicted octanol–water partition coefficient (Wildman–Crippen LogP) is 3.50. The molecule has 1 saturated heterocycles. The first-order valence-corrected chi connectivity index (χ1v) is 10.7. The van der Waals surface area contributed by atoms with Gasteiger partial charge < -0.3 is 19.5 Å². The van der Waals surface area contributed by atoms with Crippen LogP contribution in [0.5, 0.6) is 11.5 Å². The molecule has 3 heterocycles. The maximum atomic E-state index is 12.4. The Bertz CT molecular complexity index is 1060. The number of aromatic nitrogens is 2. The molecule has 31 heavy (non-hydrogen) atoms. The molecule has 0 radical (unpaired) electrons. The minimum absolute atomic E-state index is 0.0274. The normalized spacial score (nSPS) is 17.1. The number of para-hydroxylation sites is 1. The molecule has 1 fully saturated rings. The monoisotopic (exact) mass is 419 g/mol. The zero-order chi connectivity index (χ0) is 21.0. The van der Waals surface area contributed by atoms with Gasteiger partial charge in [-0.25, -0.2) is 4.68 Å². The molecule has 0 saturated carbocycles. The van der Waals surface area contributed by atoms with E-state index < -0.39 is 0 Å². The second-order valence-corrected chi connectivity index (χ2v) is 7.79. The Morgan fingerprint density at radius 3 is 2.84 bits per heavy atom. The van der Waals surface area contributed by atoms with Crippen LogP contribution in [0.1, 0.15) is 24.8 Å². The highest BCUT2D eigenvalue weighted by Gasteiger charge is 2.19. The summed E-state index contributed by atoms with van der Waals surface area (Å²) in [5, 5.41) is 7.83. The molecule has 1 amide bonds. The van der Waals surface area contributed by atoms with E-state index in [4.69, 9.17) is 19.3 Å². The van der Waals surface area contributed by atoms with Crippen molar-refractivity contribution < 1.29 is 19.0 Å². The van der Waals surface area contributed by atoms with E-state index in [9.17, 15) is 4.79 Å². The maximum absolute atomic E-state index is 12.4. The highest BCUT2D eigenvalue weighted by atomic mass is 16.7. The fraction of sp³-hybridized carbons (Fsp3) is 0.333. The molecule has 2 aromatic carbocycles. The molecule has 1 N–H and O–H groups in total. The molecule has 3 aromatic rings. The molecule has 7 nitrogen and oxygen atoms in total. The third kappa shape index (κ3) is 4.41. The van der Waals surface area contributed by atoms with Crippen molar-refractivity contribution in [2.45, 2.75) is 31.8 Å². The van der Waals surface area contributed by atoms with Gasteiger partial charge in [-0.3, -0.25) is 4.79 Å². The quantitative estimate of drug-likeness (QED) is 0.635. The number of nitrogens with zero attached hydrogens (tertiary/aromatic N) is 2. The number of aryl methyl sites for hydroxylation is 1. The lowest BCUT2D eigenvalue weighted by molar-refractivity contribution is -0.121. The number of carbonyl (C=O) groups is 1. The van der Waals surface area contributed by atoms with Crippen LogP contribution in [-0.4, -0.2) is 41.7 Å². The van der Waals surface area contributed by atoms with Crippen LogP contribution in [0.2, 0.25) is 0 Å². The lowest BCUT2D eigenvalue weighted by atomic mass is 10.0. The summed E-state index contributed by atoms with van der Waals surface area (Å²) < 4.78 is 18.4. The molecular formula is C24H25N3O4. The Morgan fingerprint density at radius 2 is 2.00 bits per heavy atom. The average molecular weight is 419 g/mol. The Hall–Kier alpha value is -3.32. The second kappa shape index (κ2) is 8.81. The molecule has 0 bridgehead atoms. The number of carbonyl (C=O) groups excluding carboxylic acids is 1. The molecule has 7 heteroatoms. The van der Waals surface area contributed by atoms with Crippen molar-refractivity contribution in [1.82, 2.24) is 15.1 Å². The summed E-state index contributed by atoms with van der Waals surface area (Å²) in [7, 11) is 0. The van der Waals surface area contributed by atoms with Crippen molar-refractivity contribution in [3.8, 4) is 28.4 Å². The third-order valence-corrected chi connectivity index (χ3v) is 5.63. The lowest BCUT2D eigenvalue weighted by Crippen LogP contribution is -2.31. The van der Waals surface area contributed by atoms with Crippen LogP contribution in [-0.2, 0) is 16.0 Å². The topological polar surface area (TPSA) is 74.6 Å².